The van der Waals surface area contributed by atoms with E-state index >= 15 is 0 Å². The molecule has 9 nitrogen and oxygen atoms in total. The second-order valence-electron chi connectivity index (χ2n) is 8.87. The third-order valence-electron chi connectivity index (χ3n) is 6.54. The van der Waals surface area contributed by atoms with Gasteiger partial charge >= 0.3 is 0 Å². The maximum atomic E-state index is 13.3. The lowest BCUT2D eigenvalue weighted by atomic mass is 10.1. The normalized spacial score (nSPS) is 19.4. The lowest BCUT2D eigenvalue weighted by molar-refractivity contribution is 0.0716. The third-order valence-corrected chi connectivity index (χ3v) is 6.54. The van der Waals surface area contributed by atoms with Crippen molar-refractivity contribution in [1.29, 1.82) is 0 Å². The van der Waals surface area contributed by atoms with Crippen LogP contribution in [0.25, 0.3) is 10.9 Å². The Morgan fingerprint density at radius 2 is 2.06 bits per heavy atom. The van der Waals surface area contributed by atoms with Gasteiger partial charge in [0, 0.05) is 43.5 Å². The van der Waals surface area contributed by atoms with Crippen LogP contribution in [0.15, 0.2) is 41.3 Å². The summed E-state index contributed by atoms with van der Waals surface area (Å²) in [5.41, 5.74) is 7.81. The standard InChI is InChI=1S/C24H29N7O2/c1-2-3-9-26-21-20-19(28-24(25)29-21)8-10-30(23(20)33)13-15-4-6-16(7-5-15)22(32)31-14-17-11-18(31)12-27-17/h4-8,10,17-18,27H,2-3,9,11-14H2,1H3,(H3,25,26,28,29). The molecule has 3 aromatic rings. The number of benzene rings is 1. The van der Waals surface area contributed by atoms with Crippen LogP contribution >= 0.6 is 0 Å². The fraction of sp³-hybridized carbons (Fsp3) is 0.417. The van der Waals surface area contributed by atoms with E-state index in [1.165, 1.54) is 0 Å². The molecule has 0 radical (unpaired) electrons. The minimum Gasteiger partial charge on any atom is -0.369 e. The Bertz CT molecular complexity index is 1240. The van der Waals surface area contributed by atoms with Gasteiger partial charge in [-0.3, -0.25) is 9.59 Å². The van der Waals surface area contributed by atoms with Crippen LogP contribution in [0.4, 0.5) is 11.8 Å². The number of piperazine rings is 1. The smallest absolute Gasteiger partial charge is 0.264 e. The van der Waals surface area contributed by atoms with Crippen molar-refractivity contribution in [1.82, 2.24) is 24.8 Å². The van der Waals surface area contributed by atoms with Crippen LogP contribution in [0.5, 0.6) is 0 Å². The summed E-state index contributed by atoms with van der Waals surface area (Å²) in [5, 5.41) is 7.09. The number of fused-ring (bicyclic) bond motifs is 3. The number of carbonyl (C=O) groups excluding carboxylic acids is 1. The predicted molar refractivity (Wildman–Crippen MR) is 128 cm³/mol. The SMILES string of the molecule is CCCCNc1nc(N)nc2ccn(Cc3ccc(C(=O)N4CC5CC4CN5)cc3)c(=O)c12. The van der Waals surface area contributed by atoms with Gasteiger partial charge in [-0.25, -0.2) is 4.98 Å². The molecule has 1 amide bonds. The maximum absolute atomic E-state index is 13.3. The van der Waals surface area contributed by atoms with E-state index in [0.29, 0.717) is 47.5 Å². The number of rotatable bonds is 7. The first-order chi connectivity index (χ1) is 16.0. The van der Waals surface area contributed by atoms with Crippen molar-refractivity contribution in [2.75, 3.05) is 30.7 Å². The molecule has 0 saturated carbocycles. The molecule has 2 bridgehead atoms. The molecule has 4 N–H and O–H groups in total. The first-order valence-corrected chi connectivity index (χ1v) is 11.6. The van der Waals surface area contributed by atoms with Gasteiger partial charge in [-0.1, -0.05) is 25.5 Å². The lowest BCUT2D eigenvalue weighted by Crippen LogP contribution is -2.46. The molecule has 2 aromatic heterocycles. The summed E-state index contributed by atoms with van der Waals surface area (Å²) >= 11 is 0. The Morgan fingerprint density at radius 1 is 1.24 bits per heavy atom. The Hall–Kier alpha value is -3.46. The van der Waals surface area contributed by atoms with Gasteiger partial charge in [0.05, 0.1) is 12.1 Å². The summed E-state index contributed by atoms with van der Waals surface area (Å²) in [6.45, 7) is 4.86. The number of amides is 1. The molecule has 1 aromatic carbocycles. The fourth-order valence-corrected chi connectivity index (χ4v) is 4.76. The van der Waals surface area contributed by atoms with Crippen LogP contribution in [0.3, 0.4) is 0 Å². The number of likely N-dealkylation sites (tertiary alicyclic amines) is 1. The molecule has 5 rings (SSSR count). The number of aromatic nitrogens is 3. The highest BCUT2D eigenvalue weighted by atomic mass is 16.2. The number of pyridine rings is 1. The molecule has 172 valence electrons. The zero-order chi connectivity index (χ0) is 22.9. The second-order valence-corrected chi connectivity index (χ2v) is 8.87. The van der Waals surface area contributed by atoms with E-state index in [2.05, 4.69) is 27.5 Å². The molecule has 2 saturated heterocycles. The number of carbonyl (C=O) groups is 1. The van der Waals surface area contributed by atoms with E-state index in [4.69, 9.17) is 5.73 Å². The van der Waals surface area contributed by atoms with Crippen LogP contribution < -0.4 is 21.9 Å². The van der Waals surface area contributed by atoms with E-state index in [-0.39, 0.29) is 17.4 Å². The summed E-state index contributed by atoms with van der Waals surface area (Å²) in [7, 11) is 0. The van der Waals surface area contributed by atoms with Gasteiger partial charge in [0.25, 0.3) is 11.5 Å². The largest absolute Gasteiger partial charge is 0.369 e. The van der Waals surface area contributed by atoms with Gasteiger partial charge in [-0.15, -0.1) is 0 Å². The zero-order valence-corrected chi connectivity index (χ0v) is 18.8. The zero-order valence-electron chi connectivity index (χ0n) is 18.8. The quantitative estimate of drug-likeness (QED) is 0.473. The number of hydrogen-bond donors (Lipinski definition) is 3. The molecule has 2 aliphatic rings. The van der Waals surface area contributed by atoms with E-state index in [0.717, 1.165) is 37.9 Å². The van der Waals surface area contributed by atoms with E-state index < -0.39 is 0 Å². The fourth-order valence-electron chi connectivity index (χ4n) is 4.76. The van der Waals surface area contributed by atoms with Crippen LogP contribution in [0, 0.1) is 0 Å². The molecule has 2 fully saturated rings. The first kappa shape index (κ1) is 21.4. The van der Waals surface area contributed by atoms with Gasteiger partial charge in [0.15, 0.2) is 0 Å². The third kappa shape index (κ3) is 4.16. The number of nitrogens with zero attached hydrogens (tertiary/aromatic N) is 4. The highest BCUT2D eigenvalue weighted by Gasteiger charge is 2.40. The van der Waals surface area contributed by atoms with Gasteiger partial charge in [-0.2, -0.15) is 4.98 Å². The summed E-state index contributed by atoms with van der Waals surface area (Å²) in [4.78, 5) is 36.6. The number of nitrogens with two attached hydrogens (primary N) is 1. The molecule has 33 heavy (non-hydrogen) atoms. The van der Waals surface area contributed by atoms with E-state index in [1.54, 1.807) is 16.8 Å². The molecule has 9 heteroatoms. The lowest BCUT2D eigenvalue weighted by Gasteiger charge is -2.27. The molecule has 2 atom stereocenters. The van der Waals surface area contributed by atoms with Gasteiger partial charge in [-0.05, 0) is 36.6 Å². The van der Waals surface area contributed by atoms with Crippen molar-refractivity contribution in [2.24, 2.45) is 0 Å². The molecule has 2 aliphatic heterocycles. The number of nitrogens with one attached hydrogen (secondary N) is 2. The summed E-state index contributed by atoms with van der Waals surface area (Å²) in [6.07, 6.45) is 4.76. The molecule has 4 heterocycles. The molecule has 0 spiro atoms. The van der Waals surface area contributed by atoms with Gasteiger partial charge < -0.3 is 25.8 Å². The number of hydrogen-bond acceptors (Lipinski definition) is 7. The average Bonchev–Trinajstić information content (AvgIpc) is 3.45. The second kappa shape index (κ2) is 8.82. The van der Waals surface area contributed by atoms with Crippen molar-refractivity contribution in [2.45, 2.75) is 44.8 Å². The summed E-state index contributed by atoms with van der Waals surface area (Å²) in [5.74, 6) is 0.692. The van der Waals surface area contributed by atoms with Crippen molar-refractivity contribution in [3.63, 3.8) is 0 Å². The van der Waals surface area contributed by atoms with Crippen molar-refractivity contribution < 1.29 is 4.79 Å². The predicted octanol–water partition coefficient (Wildman–Crippen LogP) is 1.82. The molecular weight excluding hydrogens is 418 g/mol. The Labute approximate surface area is 192 Å². The maximum Gasteiger partial charge on any atom is 0.264 e. The number of unbranched alkanes of at least 4 members (excludes halogenated alkanes) is 1. The van der Waals surface area contributed by atoms with E-state index in [9.17, 15) is 9.59 Å². The first-order valence-electron chi connectivity index (χ1n) is 11.6. The molecule has 2 unspecified atom stereocenters. The van der Waals surface area contributed by atoms with E-state index in [1.807, 2.05) is 29.2 Å². The van der Waals surface area contributed by atoms with Crippen molar-refractivity contribution in [3.05, 3.63) is 58.0 Å². The highest BCUT2D eigenvalue weighted by molar-refractivity contribution is 5.95. The minimum atomic E-state index is -0.174. The summed E-state index contributed by atoms with van der Waals surface area (Å²) < 4.78 is 1.63. The van der Waals surface area contributed by atoms with Gasteiger partial charge in [0.2, 0.25) is 5.95 Å². The molecular formula is C24H29N7O2. The monoisotopic (exact) mass is 447 g/mol. The van der Waals surface area contributed by atoms with Crippen LogP contribution in [0.2, 0.25) is 0 Å². The van der Waals surface area contributed by atoms with Gasteiger partial charge in [0.1, 0.15) is 11.2 Å². The van der Waals surface area contributed by atoms with Crippen molar-refractivity contribution in [3.8, 4) is 0 Å². The number of anilines is 2. The average molecular weight is 448 g/mol. The highest BCUT2D eigenvalue weighted by Crippen LogP contribution is 2.25. The topological polar surface area (TPSA) is 118 Å². The molecule has 0 aliphatic carbocycles. The van der Waals surface area contributed by atoms with Crippen LogP contribution in [-0.4, -0.2) is 57.1 Å². The summed E-state index contributed by atoms with van der Waals surface area (Å²) in [6, 6.07) is 10.0. The van der Waals surface area contributed by atoms with Crippen molar-refractivity contribution >= 4 is 28.6 Å². The Kier molecular flexibility index (Phi) is 5.72. The number of nitrogen functional groups attached to an aromatic ring is 1. The Balaban J connectivity index is 1.37. The van der Waals surface area contributed by atoms with Crippen LogP contribution in [0.1, 0.15) is 42.1 Å². The Morgan fingerprint density at radius 3 is 2.76 bits per heavy atom. The minimum absolute atomic E-state index is 0.0796. The van der Waals surface area contributed by atoms with Crippen LogP contribution in [-0.2, 0) is 6.54 Å².